The van der Waals surface area contributed by atoms with Gasteiger partial charge in [0.2, 0.25) is 0 Å². The summed E-state index contributed by atoms with van der Waals surface area (Å²) in [6.07, 6.45) is -1.31. The fourth-order valence-corrected chi connectivity index (χ4v) is 5.82. The van der Waals surface area contributed by atoms with Crippen LogP contribution in [0.3, 0.4) is 0 Å². The molecule has 1 heterocycles. The first-order valence-corrected chi connectivity index (χ1v) is 15.5. The van der Waals surface area contributed by atoms with Gasteiger partial charge in [-0.3, -0.25) is 4.90 Å². The minimum atomic E-state index is -3.63. The summed E-state index contributed by atoms with van der Waals surface area (Å²) in [5, 5.41) is 63.6. The number of nitriles is 1. The van der Waals surface area contributed by atoms with Gasteiger partial charge in [0.05, 0.1) is 47.3 Å². The molecule has 0 amide bonds. The molecule has 13 nitrogen and oxygen atoms in total. The van der Waals surface area contributed by atoms with Gasteiger partial charge in [0.25, 0.3) is 0 Å². The number of azo groups is 1. The minimum absolute atomic E-state index is 0.144. The third-order valence-electron chi connectivity index (χ3n) is 6.48. The van der Waals surface area contributed by atoms with Gasteiger partial charge in [0, 0.05) is 38.3 Å². The van der Waals surface area contributed by atoms with Gasteiger partial charge in [0.1, 0.15) is 17.6 Å². The Balaban J connectivity index is 1.87. The van der Waals surface area contributed by atoms with E-state index in [4.69, 9.17) is 5.11 Å². The number of hydrogen-bond acceptors (Lipinski definition) is 13. The van der Waals surface area contributed by atoms with Crippen LogP contribution < -0.4 is 10.6 Å². The second kappa shape index (κ2) is 15.7. The maximum absolute atomic E-state index is 13.1. The number of aromatic nitrogens is 1. The fourth-order valence-electron chi connectivity index (χ4n) is 4.50. The Morgan fingerprint density at radius 3 is 2.16 bits per heavy atom. The van der Waals surface area contributed by atoms with Crippen LogP contribution in [0.5, 0.6) is 0 Å². The van der Waals surface area contributed by atoms with Crippen molar-refractivity contribution in [1.82, 2.24) is 9.88 Å². The molecule has 3 rings (SSSR count). The van der Waals surface area contributed by atoms with Crippen molar-refractivity contribution >= 4 is 43.6 Å². The third-order valence-corrected chi connectivity index (χ3v) is 8.17. The van der Waals surface area contributed by atoms with E-state index in [2.05, 4.69) is 31.9 Å². The second-order valence-corrected chi connectivity index (χ2v) is 12.3. The Labute approximate surface area is 251 Å². The van der Waals surface area contributed by atoms with Gasteiger partial charge in [0.15, 0.2) is 15.7 Å². The molecular weight excluding hydrogens is 574 g/mol. The largest absolute Gasteiger partial charge is 0.395 e. The topological polar surface area (TPSA) is 204 Å². The average Bonchev–Trinajstić information content (AvgIpc) is 2.96. The van der Waals surface area contributed by atoms with Crippen molar-refractivity contribution in [3.05, 3.63) is 47.5 Å². The molecule has 43 heavy (non-hydrogen) atoms. The van der Waals surface area contributed by atoms with Gasteiger partial charge in [-0.1, -0.05) is 12.1 Å². The highest BCUT2D eigenvalue weighted by atomic mass is 32.2. The lowest BCUT2D eigenvalue weighted by atomic mass is 10.1. The molecule has 3 aromatic rings. The summed E-state index contributed by atoms with van der Waals surface area (Å²) in [6, 6.07) is 12.1. The van der Waals surface area contributed by atoms with Crippen LogP contribution in [-0.4, -0.2) is 103 Å². The van der Waals surface area contributed by atoms with Crippen LogP contribution in [0.15, 0.2) is 51.5 Å². The summed E-state index contributed by atoms with van der Waals surface area (Å²) in [7, 11) is -3.63. The third kappa shape index (κ3) is 9.39. The number of rotatable bonds is 16. The van der Waals surface area contributed by atoms with Crippen LogP contribution in [0.2, 0.25) is 0 Å². The molecule has 0 bridgehead atoms. The van der Waals surface area contributed by atoms with E-state index in [0.717, 1.165) is 5.39 Å². The Morgan fingerprint density at radius 1 is 0.953 bits per heavy atom. The highest BCUT2D eigenvalue weighted by molar-refractivity contribution is 7.91. The van der Waals surface area contributed by atoms with Crippen molar-refractivity contribution in [1.29, 1.82) is 5.26 Å². The average molecular weight is 614 g/mol. The van der Waals surface area contributed by atoms with E-state index in [1.165, 1.54) is 6.07 Å². The summed E-state index contributed by atoms with van der Waals surface area (Å²) in [5.74, 6) is 0.429. The summed E-state index contributed by atoms with van der Waals surface area (Å²) < 4.78 is 26.2. The van der Waals surface area contributed by atoms with Crippen LogP contribution in [-0.2, 0) is 9.84 Å². The summed E-state index contributed by atoms with van der Waals surface area (Å²) >= 11 is 0. The zero-order valence-corrected chi connectivity index (χ0v) is 25.3. The molecule has 14 heteroatoms. The van der Waals surface area contributed by atoms with Crippen molar-refractivity contribution in [2.75, 3.05) is 62.3 Å². The molecular formula is C29H39N7O6S. The molecule has 0 saturated carbocycles. The maximum Gasteiger partial charge on any atom is 0.179 e. The van der Waals surface area contributed by atoms with Crippen LogP contribution in [0.25, 0.3) is 10.8 Å². The zero-order valence-electron chi connectivity index (χ0n) is 24.5. The van der Waals surface area contributed by atoms with E-state index in [9.17, 15) is 29.0 Å². The number of anilines is 2. The van der Waals surface area contributed by atoms with Gasteiger partial charge in [-0.15, -0.1) is 5.11 Å². The Morgan fingerprint density at radius 2 is 1.56 bits per heavy atom. The Hall–Kier alpha value is -3.71. The molecule has 1 aromatic heterocycles. The fraction of sp³-hybridized carbons (Fsp3) is 0.448. The Kier molecular flexibility index (Phi) is 12.3. The molecule has 0 aliphatic heterocycles. The molecule has 232 valence electrons. The number of nitrogens with one attached hydrogen (secondary N) is 2. The van der Waals surface area contributed by atoms with Crippen LogP contribution >= 0.6 is 0 Å². The summed E-state index contributed by atoms with van der Waals surface area (Å²) in [6.45, 7) is 5.72. The van der Waals surface area contributed by atoms with Crippen molar-refractivity contribution < 1.29 is 28.8 Å². The maximum atomic E-state index is 13.1. The molecule has 0 aliphatic rings. The first-order valence-electron chi connectivity index (χ1n) is 13.9. The van der Waals surface area contributed by atoms with E-state index in [-0.39, 0.29) is 68.0 Å². The molecule has 2 atom stereocenters. The quantitative estimate of drug-likeness (QED) is 0.130. The van der Waals surface area contributed by atoms with E-state index >= 15 is 0 Å². The van der Waals surface area contributed by atoms with Gasteiger partial charge < -0.3 is 31.1 Å². The first-order chi connectivity index (χ1) is 20.5. The summed E-state index contributed by atoms with van der Waals surface area (Å²) in [4.78, 5) is 6.32. The number of fused-ring (bicyclic) bond motifs is 1. The normalized spacial score (nSPS) is 13.4. The molecule has 0 fully saturated rings. The lowest BCUT2D eigenvalue weighted by molar-refractivity contribution is 0.0873. The monoisotopic (exact) mass is 613 g/mol. The van der Waals surface area contributed by atoms with E-state index < -0.39 is 22.0 Å². The predicted octanol–water partition coefficient (Wildman–Crippen LogP) is 2.48. The number of nitrogens with zero attached hydrogens (tertiary/aromatic N) is 5. The first kappa shape index (κ1) is 33.8. The molecule has 2 unspecified atom stereocenters. The lowest BCUT2D eigenvalue weighted by Gasteiger charge is -2.24. The molecule has 0 radical (unpaired) electrons. The van der Waals surface area contributed by atoms with Crippen LogP contribution in [0, 0.1) is 18.3 Å². The molecule has 6 N–H and O–H groups in total. The Bertz CT molecular complexity index is 1560. The molecule has 2 aromatic carbocycles. The number of hydrogen-bond donors (Lipinski definition) is 6. The number of aliphatic hydroxyl groups is 4. The SMILES string of the molecule is Cc1c(C#N)c(NCCO)nc(NCCO)c1/N=N/c1ccc2cc(S(=O)(=O)CCN(CC(C)O)CC(C)O)ccc2c1. The number of aliphatic hydroxyl groups excluding tert-OH is 4. The molecule has 0 saturated heterocycles. The highest BCUT2D eigenvalue weighted by Gasteiger charge is 2.20. The van der Waals surface area contributed by atoms with Crippen LogP contribution in [0.4, 0.5) is 23.0 Å². The standard InChI is InChI=1S/C29H39N7O6S/c1-19(39)17-36(18-20(2)40)10-13-43(41,42)25-7-5-22-14-24(6-4-23(22)15-25)34-35-27-21(3)26(16-30)28(31-8-11-37)33-29(27)32-9-12-38/h4-7,14-15,19-20,37-40H,8-13,17-18H2,1-3H3,(H2,31,32,33)/b35-34+. The molecule has 0 spiro atoms. The summed E-state index contributed by atoms with van der Waals surface area (Å²) in [5.41, 5.74) is 1.58. The highest BCUT2D eigenvalue weighted by Crippen LogP contribution is 2.35. The van der Waals surface area contributed by atoms with Crippen molar-refractivity contribution in [2.45, 2.75) is 37.9 Å². The zero-order chi connectivity index (χ0) is 31.6. The van der Waals surface area contributed by atoms with E-state index in [1.54, 1.807) is 56.0 Å². The van der Waals surface area contributed by atoms with Crippen LogP contribution in [0.1, 0.15) is 25.0 Å². The minimum Gasteiger partial charge on any atom is -0.395 e. The lowest BCUT2D eigenvalue weighted by Crippen LogP contribution is -2.39. The number of sulfone groups is 1. The van der Waals surface area contributed by atoms with E-state index in [1.807, 2.05) is 0 Å². The number of pyridine rings is 1. The van der Waals surface area contributed by atoms with Gasteiger partial charge in [-0.05, 0) is 55.8 Å². The van der Waals surface area contributed by atoms with Gasteiger partial charge in [-0.2, -0.15) is 10.4 Å². The second-order valence-electron chi connectivity index (χ2n) is 10.2. The van der Waals surface area contributed by atoms with Crippen molar-refractivity contribution in [2.24, 2.45) is 10.2 Å². The van der Waals surface area contributed by atoms with Gasteiger partial charge >= 0.3 is 0 Å². The van der Waals surface area contributed by atoms with E-state index in [0.29, 0.717) is 28.1 Å². The van der Waals surface area contributed by atoms with Gasteiger partial charge in [-0.25, -0.2) is 13.4 Å². The predicted molar refractivity (Wildman–Crippen MR) is 165 cm³/mol. The van der Waals surface area contributed by atoms with Crippen molar-refractivity contribution in [3.8, 4) is 6.07 Å². The molecule has 0 aliphatic carbocycles. The smallest absolute Gasteiger partial charge is 0.179 e. The number of benzene rings is 2. The van der Waals surface area contributed by atoms with Crippen molar-refractivity contribution in [3.63, 3.8) is 0 Å².